The number of aromatic nitrogens is 1. The Kier molecular flexibility index (Phi) is 4.27. The number of nitrogens with zero attached hydrogens (tertiary/aromatic N) is 1. The number of carbonyl (C=O) groups is 1. The lowest BCUT2D eigenvalue weighted by Crippen LogP contribution is -2.18. The van der Waals surface area contributed by atoms with Crippen molar-refractivity contribution >= 4 is 11.7 Å². The zero-order chi connectivity index (χ0) is 13.1. The summed E-state index contributed by atoms with van der Waals surface area (Å²) in [5, 5.41) is 2.84. The first-order valence-electron chi connectivity index (χ1n) is 6.06. The van der Waals surface area contributed by atoms with Crippen molar-refractivity contribution in [2.24, 2.45) is 5.92 Å². The predicted molar refractivity (Wildman–Crippen MR) is 71.0 cm³/mol. The minimum Gasteiger partial charge on any atom is -0.311 e. The van der Waals surface area contributed by atoms with Gasteiger partial charge in [0.2, 0.25) is 5.91 Å². The van der Waals surface area contributed by atoms with Gasteiger partial charge in [0.25, 0.3) is 0 Å². The van der Waals surface area contributed by atoms with Crippen LogP contribution in [0.3, 0.4) is 0 Å². The monoisotopic (exact) mass is 234 g/mol. The van der Waals surface area contributed by atoms with Crippen molar-refractivity contribution in [1.82, 2.24) is 4.98 Å². The van der Waals surface area contributed by atoms with Crippen LogP contribution in [0, 0.1) is 5.92 Å². The molecule has 94 valence electrons. The Morgan fingerprint density at radius 1 is 1.35 bits per heavy atom. The third kappa shape index (κ3) is 4.55. The van der Waals surface area contributed by atoms with Gasteiger partial charge in [0, 0.05) is 17.5 Å². The topological polar surface area (TPSA) is 42.0 Å². The highest BCUT2D eigenvalue weighted by Crippen LogP contribution is 2.21. The van der Waals surface area contributed by atoms with Gasteiger partial charge in [-0.15, -0.1) is 0 Å². The largest absolute Gasteiger partial charge is 0.311 e. The highest BCUT2D eigenvalue weighted by molar-refractivity contribution is 5.89. The number of carbonyl (C=O) groups excluding carboxylic acids is 1. The number of anilines is 1. The molecule has 0 radical (unpaired) electrons. The molecule has 17 heavy (non-hydrogen) atoms. The molecule has 0 spiro atoms. The van der Waals surface area contributed by atoms with E-state index >= 15 is 0 Å². The molecule has 0 saturated heterocycles. The van der Waals surface area contributed by atoms with Gasteiger partial charge in [-0.3, -0.25) is 4.79 Å². The van der Waals surface area contributed by atoms with Crippen LogP contribution in [-0.2, 0) is 10.2 Å². The first-order chi connectivity index (χ1) is 7.79. The van der Waals surface area contributed by atoms with Gasteiger partial charge in [-0.2, -0.15) is 0 Å². The number of nitrogens with one attached hydrogen (secondary N) is 1. The van der Waals surface area contributed by atoms with E-state index in [4.69, 9.17) is 0 Å². The zero-order valence-corrected chi connectivity index (χ0v) is 11.4. The average Bonchev–Trinajstić information content (AvgIpc) is 2.15. The van der Waals surface area contributed by atoms with E-state index in [2.05, 4.69) is 31.1 Å². The summed E-state index contributed by atoms with van der Waals surface area (Å²) in [5.41, 5.74) is 0.985. The lowest BCUT2D eigenvalue weighted by Gasteiger charge is -2.18. The Morgan fingerprint density at radius 3 is 2.53 bits per heavy atom. The van der Waals surface area contributed by atoms with E-state index in [1.165, 1.54) is 0 Å². The fourth-order valence-corrected chi connectivity index (χ4v) is 1.49. The average molecular weight is 234 g/mol. The van der Waals surface area contributed by atoms with Crippen LogP contribution in [0.2, 0.25) is 0 Å². The van der Waals surface area contributed by atoms with Crippen LogP contribution in [-0.4, -0.2) is 10.9 Å². The van der Waals surface area contributed by atoms with Crippen molar-refractivity contribution in [2.45, 2.75) is 46.5 Å². The molecule has 3 nitrogen and oxygen atoms in total. The second-order valence-electron chi connectivity index (χ2n) is 5.80. The smallest absolute Gasteiger partial charge is 0.225 e. The molecule has 1 rings (SSSR count). The van der Waals surface area contributed by atoms with Gasteiger partial charge in [0.15, 0.2) is 0 Å². The van der Waals surface area contributed by atoms with Crippen molar-refractivity contribution in [3.05, 3.63) is 23.9 Å². The van der Waals surface area contributed by atoms with Crippen LogP contribution in [0.4, 0.5) is 5.82 Å². The number of hydrogen-bond donors (Lipinski definition) is 1. The number of rotatable bonds is 3. The first-order valence-corrected chi connectivity index (χ1v) is 6.06. The summed E-state index contributed by atoms with van der Waals surface area (Å²) < 4.78 is 0. The van der Waals surface area contributed by atoms with E-state index in [-0.39, 0.29) is 11.3 Å². The lowest BCUT2D eigenvalue weighted by atomic mass is 9.92. The maximum absolute atomic E-state index is 11.6. The summed E-state index contributed by atoms with van der Waals surface area (Å²) in [7, 11) is 0. The van der Waals surface area contributed by atoms with Crippen LogP contribution < -0.4 is 5.32 Å². The third-order valence-corrected chi connectivity index (χ3v) is 2.38. The van der Waals surface area contributed by atoms with E-state index in [0.29, 0.717) is 18.2 Å². The Labute approximate surface area is 104 Å². The molecule has 1 N–H and O–H groups in total. The first kappa shape index (κ1) is 13.7. The molecule has 0 unspecified atom stereocenters. The van der Waals surface area contributed by atoms with Gasteiger partial charge in [-0.25, -0.2) is 4.98 Å². The Morgan fingerprint density at radius 2 is 2.00 bits per heavy atom. The molecule has 0 aromatic carbocycles. The van der Waals surface area contributed by atoms with E-state index in [9.17, 15) is 4.79 Å². The maximum atomic E-state index is 11.6. The van der Waals surface area contributed by atoms with Crippen molar-refractivity contribution in [3.8, 4) is 0 Å². The molecule has 3 heteroatoms. The minimum absolute atomic E-state index is 0.00120. The van der Waals surface area contributed by atoms with Crippen LogP contribution in [0.5, 0.6) is 0 Å². The minimum atomic E-state index is -0.00120. The van der Waals surface area contributed by atoms with E-state index in [1.54, 1.807) is 0 Å². The summed E-state index contributed by atoms with van der Waals surface area (Å²) in [5.74, 6) is 1.03. The Balaban J connectivity index is 2.76. The molecule has 0 fully saturated rings. The molecule has 1 aromatic heterocycles. The summed E-state index contributed by atoms with van der Waals surface area (Å²) in [6.45, 7) is 10.4. The molecule has 1 heterocycles. The zero-order valence-electron chi connectivity index (χ0n) is 11.4. The quantitative estimate of drug-likeness (QED) is 0.871. The van der Waals surface area contributed by atoms with Gasteiger partial charge < -0.3 is 5.32 Å². The van der Waals surface area contributed by atoms with Crippen LogP contribution in [0.25, 0.3) is 0 Å². The normalized spacial score (nSPS) is 11.6. The van der Waals surface area contributed by atoms with Crippen LogP contribution in [0.1, 0.15) is 46.7 Å². The third-order valence-electron chi connectivity index (χ3n) is 2.38. The van der Waals surface area contributed by atoms with Gasteiger partial charge in [-0.1, -0.05) is 40.7 Å². The molecular weight excluding hydrogens is 212 g/mol. The summed E-state index contributed by atoms with van der Waals surface area (Å²) in [6, 6.07) is 5.74. The fraction of sp³-hybridized carbons (Fsp3) is 0.571. The van der Waals surface area contributed by atoms with Gasteiger partial charge >= 0.3 is 0 Å². The highest BCUT2D eigenvalue weighted by atomic mass is 16.1. The molecule has 0 aliphatic heterocycles. The number of hydrogen-bond acceptors (Lipinski definition) is 2. The van der Waals surface area contributed by atoms with Crippen molar-refractivity contribution in [2.75, 3.05) is 5.32 Å². The van der Waals surface area contributed by atoms with Gasteiger partial charge in [0.1, 0.15) is 5.82 Å². The second kappa shape index (κ2) is 5.30. The standard InChI is InChI=1S/C14H22N2O/c1-10(2)9-13(17)16-12-8-6-7-11(15-12)14(3,4)5/h6-8,10H,9H2,1-5H3,(H,15,16,17). The Hall–Kier alpha value is -1.38. The maximum Gasteiger partial charge on any atom is 0.225 e. The van der Waals surface area contributed by atoms with E-state index in [0.717, 1.165) is 5.69 Å². The molecule has 0 bridgehead atoms. The van der Waals surface area contributed by atoms with Crippen LogP contribution in [0.15, 0.2) is 18.2 Å². The fourth-order valence-electron chi connectivity index (χ4n) is 1.49. The van der Waals surface area contributed by atoms with E-state index in [1.807, 2.05) is 32.0 Å². The van der Waals surface area contributed by atoms with Crippen molar-refractivity contribution in [3.63, 3.8) is 0 Å². The summed E-state index contributed by atoms with van der Waals surface area (Å²) in [6.07, 6.45) is 0.529. The molecule has 1 aromatic rings. The molecule has 0 atom stereocenters. The van der Waals surface area contributed by atoms with Crippen molar-refractivity contribution < 1.29 is 4.79 Å². The summed E-state index contributed by atoms with van der Waals surface area (Å²) >= 11 is 0. The Bertz CT molecular complexity index is 391. The highest BCUT2D eigenvalue weighted by Gasteiger charge is 2.16. The van der Waals surface area contributed by atoms with Gasteiger partial charge in [-0.05, 0) is 18.1 Å². The summed E-state index contributed by atoms with van der Waals surface area (Å²) in [4.78, 5) is 16.1. The molecule has 0 aliphatic rings. The molecule has 0 saturated carbocycles. The SMILES string of the molecule is CC(C)CC(=O)Nc1cccc(C(C)(C)C)n1. The molecule has 0 aliphatic carbocycles. The second-order valence-corrected chi connectivity index (χ2v) is 5.80. The lowest BCUT2D eigenvalue weighted by molar-refractivity contribution is -0.116. The molecule has 1 amide bonds. The van der Waals surface area contributed by atoms with E-state index < -0.39 is 0 Å². The van der Waals surface area contributed by atoms with Gasteiger partial charge in [0.05, 0.1) is 0 Å². The van der Waals surface area contributed by atoms with Crippen molar-refractivity contribution in [1.29, 1.82) is 0 Å². The predicted octanol–water partition coefficient (Wildman–Crippen LogP) is 3.36. The number of pyridine rings is 1. The number of amides is 1. The van der Waals surface area contributed by atoms with Crippen LogP contribution >= 0.6 is 0 Å². The molecular formula is C14H22N2O.